The Balaban J connectivity index is 2.20. The maximum atomic E-state index is 3.33. The second-order valence-corrected chi connectivity index (χ2v) is 4.02. The summed E-state index contributed by atoms with van der Waals surface area (Å²) in [7, 11) is 1.99. The molecule has 0 saturated carbocycles. The van der Waals surface area contributed by atoms with Crippen molar-refractivity contribution in [2.75, 3.05) is 7.05 Å². The molecule has 0 atom stereocenters. The van der Waals surface area contributed by atoms with Crippen LogP contribution in [-0.4, -0.2) is 7.05 Å². The molecule has 0 amide bonds. The van der Waals surface area contributed by atoms with Gasteiger partial charge in [0.1, 0.15) is 0 Å². The lowest BCUT2D eigenvalue weighted by Crippen LogP contribution is -2.04. The Morgan fingerprint density at radius 1 is 1.64 bits per heavy atom. The molecular weight excluding hydrogens is 156 g/mol. The van der Waals surface area contributed by atoms with Crippen molar-refractivity contribution in [2.24, 2.45) is 0 Å². The molecule has 1 aromatic rings. The minimum atomic E-state index is 1.01. The van der Waals surface area contributed by atoms with E-state index in [0.717, 1.165) is 19.6 Å². The number of thiophene rings is 1. The van der Waals surface area contributed by atoms with Crippen molar-refractivity contribution < 1.29 is 0 Å². The lowest BCUT2D eigenvalue weighted by Gasteiger charge is -1.93. The summed E-state index contributed by atoms with van der Waals surface area (Å²) in [5, 5.41) is 6.49. The Morgan fingerprint density at radius 2 is 2.55 bits per heavy atom. The molecule has 11 heavy (non-hydrogen) atoms. The Morgan fingerprint density at radius 3 is 3.27 bits per heavy atom. The molecule has 2 heterocycles. The number of hydrogen-bond acceptors (Lipinski definition) is 3. The highest BCUT2D eigenvalue weighted by Crippen LogP contribution is 2.25. The Bertz CT molecular complexity index is 233. The number of nitrogens with one attached hydrogen (secondary N) is 2. The van der Waals surface area contributed by atoms with Crippen molar-refractivity contribution in [3.63, 3.8) is 0 Å². The number of hydrogen-bond donors (Lipinski definition) is 2. The third-order valence-corrected chi connectivity index (χ3v) is 3.08. The summed E-state index contributed by atoms with van der Waals surface area (Å²) in [4.78, 5) is 2.98. The van der Waals surface area contributed by atoms with E-state index < -0.39 is 0 Å². The predicted molar refractivity (Wildman–Crippen MR) is 47.6 cm³/mol. The largest absolute Gasteiger partial charge is 0.315 e. The molecule has 0 fully saturated rings. The molecule has 0 spiro atoms. The van der Waals surface area contributed by atoms with Crippen molar-refractivity contribution in [2.45, 2.75) is 19.6 Å². The highest BCUT2D eigenvalue weighted by molar-refractivity contribution is 7.12. The monoisotopic (exact) mass is 168 g/mol. The standard InChI is InChI=1S/C8H12N2S/c1-9-4-7-2-6-3-10-5-8(6)11-7/h2,9-10H,3-5H2,1H3. The van der Waals surface area contributed by atoms with Gasteiger partial charge in [0.2, 0.25) is 0 Å². The van der Waals surface area contributed by atoms with Gasteiger partial charge in [0.15, 0.2) is 0 Å². The van der Waals surface area contributed by atoms with E-state index in [0.29, 0.717) is 0 Å². The summed E-state index contributed by atoms with van der Waals surface area (Å²) in [5.41, 5.74) is 1.50. The average molecular weight is 168 g/mol. The maximum absolute atomic E-state index is 3.33. The Hall–Kier alpha value is -0.380. The van der Waals surface area contributed by atoms with Crippen LogP contribution in [0.15, 0.2) is 6.07 Å². The SMILES string of the molecule is CNCc1cc2c(s1)CNC2. The lowest BCUT2D eigenvalue weighted by atomic mass is 10.3. The van der Waals surface area contributed by atoms with E-state index in [4.69, 9.17) is 0 Å². The van der Waals surface area contributed by atoms with E-state index >= 15 is 0 Å². The third kappa shape index (κ3) is 1.31. The maximum Gasteiger partial charge on any atom is 0.0306 e. The first-order valence-corrected chi connectivity index (χ1v) is 4.67. The minimum Gasteiger partial charge on any atom is -0.315 e. The van der Waals surface area contributed by atoms with Crippen LogP contribution in [0.25, 0.3) is 0 Å². The van der Waals surface area contributed by atoms with E-state index in [-0.39, 0.29) is 0 Å². The summed E-state index contributed by atoms with van der Waals surface area (Å²) < 4.78 is 0. The highest BCUT2D eigenvalue weighted by atomic mass is 32.1. The molecule has 2 nitrogen and oxygen atoms in total. The van der Waals surface area contributed by atoms with Crippen LogP contribution in [0.1, 0.15) is 15.3 Å². The normalized spacial score (nSPS) is 15.4. The summed E-state index contributed by atoms with van der Waals surface area (Å²) >= 11 is 1.92. The third-order valence-electron chi connectivity index (χ3n) is 1.90. The van der Waals surface area contributed by atoms with Crippen LogP contribution in [0, 0.1) is 0 Å². The van der Waals surface area contributed by atoms with Crippen molar-refractivity contribution in [3.05, 3.63) is 21.4 Å². The van der Waals surface area contributed by atoms with Gasteiger partial charge in [0, 0.05) is 29.4 Å². The van der Waals surface area contributed by atoms with Crippen molar-refractivity contribution in [3.8, 4) is 0 Å². The Kier molecular flexibility index (Phi) is 1.94. The van der Waals surface area contributed by atoms with Gasteiger partial charge >= 0.3 is 0 Å². The fraction of sp³-hybridized carbons (Fsp3) is 0.500. The van der Waals surface area contributed by atoms with Gasteiger partial charge in [-0.25, -0.2) is 0 Å². The predicted octanol–water partition coefficient (Wildman–Crippen LogP) is 1.07. The Labute approximate surface area is 70.6 Å². The van der Waals surface area contributed by atoms with Crippen LogP contribution in [0.2, 0.25) is 0 Å². The van der Waals surface area contributed by atoms with Crippen molar-refractivity contribution in [1.29, 1.82) is 0 Å². The van der Waals surface area contributed by atoms with Crippen LogP contribution >= 0.6 is 11.3 Å². The zero-order chi connectivity index (χ0) is 7.68. The fourth-order valence-corrected chi connectivity index (χ4v) is 2.57. The van der Waals surface area contributed by atoms with Gasteiger partial charge in [-0.2, -0.15) is 0 Å². The number of fused-ring (bicyclic) bond motifs is 1. The molecule has 1 aromatic heterocycles. The van der Waals surface area contributed by atoms with Crippen LogP contribution in [0.5, 0.6) is 0 Å². The minimum absolute atomic E-state index is 1.01. The second kappa shape index (κ2) is 2.93. The van der Waals surface area contributed by atoms with E-state index in [1.807, 2.05) is 18.4 Å². The zero-order valence-electron chi connectivity index (χ0n) is 6.61. The molecule has 0 bridgehead atoms. The molecule has 0 aliphatic carbocycles. The van der Waals surface area contributed by atoms with Gasteiger partial charge in [-0.05, 0) is 18.7 Å². The molecule has 0 aromatic carbocycles. The average Bonchev–Trinajstić information content (AvgIpc) is 2.46. The quantitative estimate of drug-likeness (QED) is 0.690. The van der Waals surface area contributed by atoms with Gasteiger partial charge in [-0.3, -0.25) is 0 Å². The van der Waals surface area contributed by atoms with Gasteiger partial charge in [-0.15, -0.1) is 11.3 Å². The molecule has 0 saturated heterocycles. The molecule has 2 rings (SSSR count). The summed E-state index contributed by atoms with van der Waals surface area (Å²) in [5.74, 6) is 0. The molecule has 0 unspecified atom stereocenters. The first-order valence-electron chi connectivity index (χ1n) is 3.86. The number of rotatable bonds is 2. The fourth-order valence-electron chi connectivity index (χ4n) is 1.40. The first-order chi connectivity index (χ1) is 5.40. The molecule has 1 aliphatic heterocycles. The van der Waals surface area contributed by atoms with Gasteiger partial charge < -0.3 is 10.6 Å². The molecule has 0 radical (unpaired) electrons. The van der Waals surface area contributed by atoms with Crippen LogP contribution in [0.4, 0.5) is 0 Å². The molecule has 3 heteroatoms. The van der Waals surface area contributed by atoms with Crippen LogP contribution in [-0.2, 0) is 19.6 Å². The summed E-state index contributed by atoms with van der Waals surface area (Å²) in [6.45, 7) is 3.15. The second-order valence-electron chi connectivity index (χ2n) is 2.80. The molecule has 2 N–H and O–H groups in total. The first kappa shape index (κ1) is 7.28. The molecule has 1 aliphatic rings. The summed E-state index contributed by atoms with van der Waals surface area (Å²) in [6.07, 6.45) is 0. The van der Waals surface area contributed by atoms with Gasteiger partial charge in [-0.1, -0.05) is 0 Å². The highest BCUT2D eigenvalue weighted by Gasteiger charge is 2.13. The van der Waals surface area contributed by atoms with Crippen LogP contribution in [0.3, 0.4) is 0 Å². The van der Waals surface area contributed by atoms with E-state index in [2.05, 4.69) is 16.7 Å². The van der Waals surface area contributed by atoms with E-state index in [1.165, 1.54) is 15.3 Å². The van der Waals surface area contributed by atoms with Gasteiger partial charge in [0.25, 0.3) is 0 Å². The summed E-state index contributed by atoms with van der Waals surface area (Å²) in [6, 6.07) is 2.30. The van der Waals surface area contributed by atoms with Crippen molar-refractivity contribution in [1.82, 2.24) is 10.6 Å². The van der Waals surface area contributed by atoms with Crippen LogP contribution < -0.4 is 10.6 Å². The molecular formula is C8H12N2S. The van der Waals surface area contributed by atoms with Gasteiger partial charge in [0.05, 0.1) is 0 Å². The smallest absolute Gasteiger partial charge is 0.0306 e. The van der Waals surface area contributed by atoms with E-state index in [9.17, 15) is 0 Å². The lowest BCUT2D eigenvalue weighted by molar-refractivity contribution is 0.764. The van der Waals surface area contributed by atoms with E-state index in [1.54, 1.807) is 0 Å². The topological polar surface area (TPSA) is 24.1 Å². The van der Waals surface area contributed by atoms with Crippen molar-refractivity contribution >= 4 is 11.3 Å². The zero-order valence-corrected chi connectivity index (χ0v) is 7.42. The molecule has 60 valence electrons.